The lowest BCUT2D eigenvalue weighted by Gasteiger charge is -2.09. The Labute approximate surface area is 139 Å². The van der Waals surface area contributed by atoms with Crippen molar-refractivity contribution in [2.45, 2.75) is 11.1 Å². The van der Waals surface area contributed by atoms with Gasteiger partial charge in [0.25, 0.3) is 0 Å². The average Bonchev–Trinajstić information content (AvgIpc) is 2.99. The second kappa shape index (κ2) is 6.66. The number of benzene rings is 1. The maximum absolute atomic E-state index is 12.1. The molecule has 0 unspecified atom stereocenters. The van der Waals surface area contributed by atoms with Crippen LogP contribution < -0.4 is 9.46 Å². The summed E-state index contributed by atoms with van der Waals surface area (Å²) in [6, 6.07) is 12.9. The number of fused-ring (bicyclic) bond motifs is 1. The minimum absolute atomic E-state index is 0.197. The Hall–Kier alpha value is -1.96. The van der Waals surface area contributed by atoms with Crippen molar-refractivity contribution in [2.24, 2.45) is 0 Å². The Morgan fingerprint density at radius 1 is 1.17 bits per heavy atom. The van der Waals surface area contributed by atoms with E-state index in [9.17, 15) is 8.42 Å². The lowest BCUT2D eigenvalue weighted by atomic mass is 10.2. The minimum atomic E-state index is -3.46. The Morgan fingerprint density at radius 3 is 2.78 bits per heavy atom. The first-order chi connectivity index (χ1) is 11.1. The van der Waals surface area contributed by atoms with Crippen LogP contribution in [-0.4, -0.2) is 26.6 Å². The molecule has 5 nitrogen and oxygen atoms in total. The number of hydrogen-bond donors (Lipinski definition) is 1. The Bertz CT molecular complexity index is 914. The van der Waals surface area contributed by atoms with Crippen molar-refractivity contribution in [3.05, 3.63) is 53.5 Å². The van der Waals surface area contributed by atoms with Gasteiger partial charge < -0.3 is 4.74 Å². The van der Waals surface area contributed by atoms with Crippen molar-refractivity contribution < 1.29 is 13.2 Å². The number of rotatable bonds is 6. The SMILES string of the molecule is Cc1ccc(S(=O)(=O)NCCOc2cccc3cccnc23)s1. The lowest BCUT2D eigenvalue weighted by Crippen LogP contribution is -2.27. The molecule has 0 saturated heterocycles. The molecule has 7 heteroatoms. The molecule has 0 spiro atoms. The van der Waals surface area contributed by atoms with E-state index in [1.165, 1.54) is 11.3 Å². The van der Waals surface area contributed by atoms with E-state index in [1.807, 2.05) is 37.3 Å². The van der Waals surface area contributed by atoms with Crippen LogP contribution in [0.25, 0.3) is 10.9 Å². The summed E-state index contributed by atoms with van der Waals surface area (Å²) in [4.78, 5) is 5.26. The normalized spacial score (nSPS) is 11.7. The fourth-order valence-electron chi connectivity index (χ4n) is 2.16. The molecule has 3 aromatic rings. The highest BCUT2D eigenvalue weighted by Gasteiger charge is 2.15. The maximum Gasteiger partial charge on any atom is 0.250 e. The number of para-hydroxylation sites is 1. The number of hydrogen-bond acceptors (Lipinski definition) is 5. The van der Waals surface area contributed by atoms with Gasteiger partial charge in [-0.15, -0.1) is 11.3 Å². The molecule has 0 aliphatic heterocycles. The number of aromatic nitrogens is 1. The molecule has 3 rings (SSSR count). The van der Waals surface area contributed by atoms with Crippen LogP contribution in [0.1, 0.15) is 4.88 Å². The number of aryl methyl sites for hydroxylation is 1. The summed E-state index contributed by atoms with van der Waals surface area (Å²) in [5.74, 6) is 0.647. The molecule has 0 atom stereocenters. The first-order valence-electron chi connectivity index (χ1n) is 7.09. The van der Waals surface area contributed by atoms with Gasteiger partial charge in [-0.05, 0) is 31.2 Å². The fourth-order valence-corrected chi connectivity index (χ4v) is 4.50. The molecule has 0 saturated carbocycles. The van der Waals surface area contributed by atoms with E-state index in [2.05, 4.69) is 9.71 Å². The highest BCUT2D eigenvalue weighted by Crippen LogP contribution is 2.23. The van der Waals surface area contributed by atoms with Crippen LogP contribution in [0.3, 0.4) is 0 Å². The zero-order chi connectivity index (χ0) is 16.3. The topological polar surface area (TPSA) is 68.3 Å². The van der Waals surface area contributed by atoms with Gasteiger partial charge in [-0.1, -0.05) is 18.2 Å². The van der Waals surface area contributed by atoms with E-state index in [1.54, 1.807) is 18.3 Å². The van der Waals surface area contributed by atoms with Crippen LogP contribution in [0.4, 0.5) is 0 Å². The Morgan fingerprint density at radius 2 is 2.00 bits per heavy atom. The van der Waals surface area contributed by atoms with E-state index in [4.69, 9.17) is 4.74 Å². The molecule has 2 aromatic heterocycles. The quantitative estimate of drug-likeness (QED) is 0.696. The summed E-state index contributed by atoms with van der Waals surface area (Å²) < 4.78 is 32.7. The van der Waals surface area contributed by atoms with Gasteiger partial charge in [0.15, 0.2) is 0 Å². The van der Waals surface area contributed by atoms with Gasteiger partial charge >= 0.3 is 0 Å². The molecule has 1 aromatic carbocycles. The first-order valence-corrected chi connectivity index (χ1v) is 9.39. The molecule has 0 aliphatic rings. The summed E-state index contributed by atoms with van der Waals surface area (Å²) in [5.41, 5.74) is 0.770. The van der Waals surface area contributed by atoms with E-state index < -0.39 is 10.0 Å². The van der Waals surface area contributed by atoms with Crippen molar-refractivity contribution in [1.82, 2.24) is 9.71 Å². The van der Waals surface area contributed by atoms with Gasteiger partial charge in [-0.2, -0.15) is 0 Å². The summed E-state index contributed by atoms with van der Waals surface area (Å²) in [6.07, 6.45) is 1.71. The highest BCUT2D eigenvalue weighted by atomic mass is 32.2. The van der Waals surface area contributed by atoms with Crippen molar-refractivity contribution in [3.63, 3.8) is 0 Å². The second-order valence-corrected chi connectivity index (χ2v) is 8.22. The smallest absolute Gasteiger partial charge is 0.250 e. The summed E-state index contributed by atoms with van der Waals surface area (Å²) >= 11 is 1.25. The number of nitrogens with zero attached hydrogens (tertiary/aromatic N) is 1. The van der Waals surface area contributed by atoms with E-state index >= 15 is 0 Å². The Kier molecular flexibility index (Phi) is 4.61. The molecule has 1 N–H and O–H groups in total. The van der Waals surface area contributed by atoms with Gasteiger partial charge in [0.2, 0.25) is 10.0 Å². The van der Waals surface area contributed by atoms with Crippen molar-refractivity contribution in [2.75, 3.05) is 13.2 Å². The monoisotopic (exact) mass is 348 g/mol. The van der Waals surface area contributed by atoms with Crippen LogP contribution in [-0.2, 0) is 10.0 Å². The zero-order valence-corrected chi connectivity index (χ0v) is 14.2. The predicted octanol–water partition coefficient (Wildman–Crippen LogP) is 2.96. The molecule has 2 heterocycles. The first kappa shape index (κ1) is 15.9. The highest BCUT2D eigenvalue weighted by molar-refractivity contribution is 7.91. The average molecular weight is 348 g/mol. The summed E-state index contributed by atoms with van der Waals surface area (Å²) in [5, 5.41) is 0.986. The molecule has 0 amide bonds. The third-order valence-corrected chi connectivity index (χ3v) is 6.18. The third-order valence-electron chi connectivity index (χ3n) is 3.23. The van der Waals surface area contributed by atoms with Crippen LogP contribution in [0.5, 0.6) is 5.75 Å². The van der Waals surface area contributed by atoms with Crippen LogP contribution in [0.2, 0.25) is 0 Å². The van der Waals surface area contributed by atoms with E-state index in [0.717, 1.165) is 15.8 Å². The van der Waals surface area contributed by atoms with Crippen LogP contribution in [0.15, 0.2) is 52.9 Å². The molecule has 0 bridgehead atoms. The molecule has 23 heavy (non-hydrogen) atoms. The summed E-state index contributed by atoms with van der Waals surface area (Å²) in [7, 11) is -3.46. The largest absolute Gasteiger partial charge is 0.490 e. The van der Waals surface area contributed by atoms with Crippen molar-refractivity contribution in [1.29, 1.82) is 0 Å². The third kappa shape index (κ3) is 3.69. The van der Waals surface area contributed by atoms with E-state index in [0.29, 0.717) is 9.96 Å². The fraction of sp³-hybridized carbons (Fsp3) is 0.188. The van der Waals surface area contributed by atoms with Crippen LogP contribution >= 0.6 is 11.3 Å². The van der Waals surface area contributed by atoms with E-state index in [-0.39, 0.29) is 13.2 Å². The molecule has 0 radical (unpaired) electrons. The number of ether oxygens (including phenoxy) is 1. The van der Waals surface area contributed by atoms with Gasteiger partial charge in [0.1, 0.15) is 22.1 Å². The molecule has 120 valence electrons. The van der Waals surface area contributed by atoms with Gasteiger partial charge in [-0.3, -0.25) is 4.98 Å². The number of sulfonamides is 1. The van der Waals surface area contributed by atoms with Crippen LogP contribution in [0, 0.1) is 6.92 Å². The summed E-state index contributed by atoms with van der Waals surface area (Å²) in [6.45, 7) is 2.31. The van der Waals surface area contributed by atoms with Crippen molar-refractivity contribution in [3.8, 4) is 5.75 Å². The molecule has 0 aliphatic carbocycles. The van der Waals surface area contributed by atoms with Gasteiger partial charge in [0, 0.05) is 23.0 Å². The molecular weight excluding hydrogens is 332 g/mol. The molecule has 0 fully saturated rings. The van der Waals surface area contributed by atoms with Gasteiger partial charge in [-0.25, -0.2) is 13.1 Å². The van der Waals surface area contributed by atoms with Gasteiger partial charge in [0.05, 0.1) is 0 Å². The number of pyridine rings is 1. The molecular formula is C16H16N2O3S2. The number of nitrogens with one attached hydrogen (secondary N) is 1. The number of thiophene rings is 1. The zero-order valence-electron chi connectivity index (χ0n) is 12.5. The standard InChI is InChI=1S/C16H16N2O3S2/c1-12-7-8-15(22-12)23(19,20)18-10-11-21-14-6-2-4-13-5-3-9-17-16(13)14/h2-9,18H,10-11H2,1H3. The Balaban J connectivity index is 1.61. The lowest BCUT2D eigenvalue weighted by molar-refractivity contribution is 0.326. The second-order valence-electron chi connectivity index (χ2n) is 4.94. The van der Waals surface area contributed by atoms with Crippen molar-refractivity contribution >= 4 is 32.3 Å². The minimum Gasteiger partial charge on any atom is -0.490 e. The predicted molar refractivity (Wildman–Crippen MR) is 91.5 cm³/mol. The maximum atomic E-state index is 12.1.